The molecule has 1 atom stereocenters. The topological polar surface area (TPSA) is 194 Å². The van der Waals surface area contributed by atoms with Crippen LogP contribution in [0.25, 0.3) is 0 Å². The molecule has 0 spiro atoms. The minimum atomic E-state index is -4.11. The predicted molar refractivity (Wildman–Crippen MR) is 125 cm³/mol. The molecule has 0 bridgehead atoms. The fraction of sp³-hybridized carbons (Fsp3) is 0.250. The highest BCUT2D eigenvalue weighted by Crippen LogP contribution is 2.22. The van der Waals surface area contributed by atoms with Gasteiger partial charge in [0.2, 0.25) is 11.9 Å². The molecule has 2 aromatic carbocycles. The Kier molecular flexibility index (Phi) is 7.12. The number of hydrogen-bond donors (Lipinski definition) is 4. The fourth-order valence-corrected chi connectivity index (χ4v) is 5.18. The number of urea groups is 1. The van der Waals surface area contributed by atoms with Crippen LogP contribution in [-0.2, 0) is 24.8 Å². The lowest BCUT2D eigenvalue weighted by Crippen LogP contribution is -2.49. The van der Waals surface area contributed by atoms with E-state index in [0.717, 1.165) is 10.5 Å². The molecule has 1 aliphatic heterocycles. The van der Waals surface area contributed by atoms with E-state index in [9.17, 15) is 26.4 Å². The number of benzene rings is 2. The van der Waals surface area contributed by atoms with E-state index in [1.807, 2.05) is 4.72 Å². The van der Waals surface area contributed by atoms with E-state index < -0.39 is 44.0 Å². The van der Waals surface area contributed by atoms with Gasteiger partial charge in [0.05, 0.1) is 9.79 Å². The summed E-state index contributed by atoms with van der Waals surface area (Å²) in [6.07, 6.45) is 0.840. The highest BCUT2D eigenvalue weighted by Gasteiger charge is 2.36. The molecule has 14 heteroatoms. The lowest BCUT2D eigenvalue weighted by molar-refractivity contribution is -0.119. The van der Waals surface area contributed by atoms with Gasteiger partial charge in [-0.2, -0.15) is 8.42 Å². The van der Waals surface area contributed by atoms with Crippen molar-refractivity contribution < 1.29 is 26.4 Å². The van der Waals surface area contributed by atoms with Crippen LogP contribution in [0.1, 0.15) is 18.4 Å². The van der Waals surface area contributed by atoms with Crippen LogP contribution in [0.2, 0.25) is 0 Å². The number of carbonyl (C=O) groups is 2. The quantitative estimate of drug-likeness (QED) is 0.319. The van der Waals surface area contributed by atoms with Crippen molar-refractivity contribution >= 4 is 43.6 Å². The zero-order valence-electron chi connectivity index (χ0n) is 18.1. The maximum Gasteiger partial charge on any atom is 0.331 e. The van der Waals surface area contributed by atoms with Crippen LogP contribution >= 0.6 is 0 Å². The first kappa shape index (κ1) is 25.0. The van der Waals surface area contributed by atoms with E-state index in [-0.39, 0.29) is 22.0 Å². The number of anilines is 1. The van der Waals surface area contributed by atoms with Gasteiger partial charge in [-0.15, -0.1) is 4.40 Å². The zero-order valence-corrected chi connectivity index (χ0v) is 19.8. The molecule has 3 amide bonds. The predicted octanol–water partition coefficient (Wildman–Crippen LogP) is 0.459. The lowest BCUT2D eigenvalue weighted by atomic mass is 10.2. The molecule has 1 aliphatic rings. The van der Waals surface area contributed by atoms with Gasteiger partial charge in [-0.1, -0.05) is 17.7 Å². The number of amides is 3. The van der Waals surface area contributed by atoms with Gasteiger partial charge in [-0.25, -0.2) is 17.9 Å². The monoisotopic (exact) mass is 508 g/mol. The number of rotatable bonds is 6. The third-order valence-electron chi connectivity index (χ3n) is 5.01. The normalized spacial score (nSPS) is 16.0. The summed E-state index contributed by atoms with van der Waals surface area (Å²) in [6, 6.07) is 9.29. The smallest absolute Gasteiger partial charge is 0.331 e. The Morgan fingerprint density at radius 2 is 1.56 bits per heavy atom. The minimum absolute atomic E-state index is 0.0672. The molecule has 3 rings (SSSR count). The van der Waals surface area contributed by atoms with Crippen LogP contribution in [0, 0.1) is 6.92 Å². The van der Waals surface area contributed by atoms with E-state index in [1.165, 1.54) is 36.4 Å². The molecule has 12 nitrogen and oxygen atoms in total. The van der Waals surface area contributed by atoms with Crippen molar-refractivity contribution in [2.24, 2.45) is 15.9 Å². The molecule has 2 aromatic rings. The van der Waals surface area contributed by atoms with E-state index in [2.05, 4.69) is 9.71 Å². The Morgan fingerprint density at radius 1 is 0.971 bits per heavy atom. The van der Waals surface area contributed by atoms with Crippen molar-refractivity contribution in [3.05, 3.63) is 54.1 Å². The summed E-state index contributed by atoms with van der Waals surface area (Å²) < 4.78 is 54.2. The maximum absolute atomic E-state index is 12.8. The summed E-state index contributed by atoms with van der Waals surface area (Å²) in [5.74, 6) is -1.15. The fourth-order valence-electron chi connectivity index (χ4n) is 3.36. The van der Waals surface area contributed by atoms with E-state index in [1.54, 1.807) is 19.1 Å². The highest BCUT2D eigenvalue weighted by atomic mass is 32.2. The van der Waals surface area contributed by atoms with Gasteiger partial charge in [-0.3, -0.25) is 4.79 Å². The number of sulfonamides is 2. The Morgan fingerprint density at radius 3 is 2.15 bits per heavy atom. The molecule has 0 saturated carbocycles. The molecular weight excluding hydrogens is 484 g/mol. The average molecular weight is 509 g/mol. The van der Waals surface area contributed by atoms with Gasteiger partial charge in [0, 0.05) is 12.2 Å². The van der Waals surface area contributed by atoms with Gasteiger partial charge in [0.15, 0.2) is 0 Å². The number of aryl methyl sites for hydroxylation is 1. The number of carbonyl (C=O) groups excluding carboxylic acids is 2. The standard InChI is InChI=1S/C20H24N6O6S2/c1-13-4-8-15(9-5-13)34(31,32)25-20(28)26-12-2-3-17(26)18(27)23-14-6-10-16(11-7-14)33(29,30)24-19(21)22/h4-11,17H,2-3,12H2,1H3,(H,23,27)(H,25,28)(H4,21,22,24)/t17-/m0/s1. The molecule has 0 radical (unpaired) electrons. The van der Waals surface area contributed by atoms with Crippen LogP contribution in [0.5, 0.6) is 0 Å². The van der Waals surface area contributed by atoms with Crippen LogP contribution in [-0.4, -0.2) is 52.2 Å². The third-order valence-corrected chi connectivity index (χ3v) is 7.67. The molecule has 1 fully saturated rings. The summed E-state index contributed by atoms with van der Waals surface area (Å²) in [5.41, 5.74) is 11.4. The van der Waals surface area contributed by atoms with Crippen LogP contribution in [0.3, 0.4) is 0 Å². The second kappa shape index (κ2) is 9.69. The Hall–Kier alpha value is -3.65. The average Bonchev–Trinajstić information content (AvgIpc) is 3.23. The van der Waals surface area contributed by atoms with Gasteiger partial charge < -0.3 is 21.7 Å². The second-order valence-electron chi connectivity index (χ2n) is 7.58. The van der Waals surface area contributed by atoms with Crippen molar-refractivity contribution in [3.8, 4) is 0 Å². The van der Waals surface area contributed by atoms with E-state index in [0.29, 0.717) is 12.8 Å². The summed E-state index contributed by atoms with van der Waals surface area (Å²) in [6.45, 7) is 2.00. The minimum Gasteiger partial charge on any atom is -0.369 e. The third kappa shape index (κ3) is 5.82. The van der Waals surface area contributed by atoms with Crippen molar-refractivity contribution in [3.63, 3.8) is 0 Å². The van der Waals surface area contributed by atoms with Gasteiger partial charge in [0.25, 0.3) is 20.0 Å². The Balaban J connectivity index is 1.69. The SMILES string of the molecule is Cc1ccc(S(=O)(=O)NC(=O)N2CCC[C@H]2C(=O)Nc2ccc(S(=O)(=O)N=C(N)N)cc2)cc1. The zero-order chi connectivity index (χ0) is 25.1. The number of nitrogens with two attached hydrogens (primary N) is 2. The first-order valence-corrected chi connectivity index (χ1v) is 13.0. The van der Waals surface area contributed by atoms with E-state index in [4.69, 9.17) is 11.5 Å². The molecule has 34 heavy (non-hydrogen) atoms. The number of guanidine groups is 1. The van der Waals surface area contributed by atoms with Gasteiger partial charge >= 0.3 is 6.03 Å². The Labute approximate surface area is 197 Å². The lowest BCUT2D eigenvalue weighted by Gasteiger charge is -2.24. The van der Waals surface area contributed by atoms with Crippen molar-refractivity contribution in [1.29, 1.82) is 0 Å². The van der Waals surface area contributed by atoms with Crippen molar-refractivity contribution in [2.75, 3.05) is 11.9 Å². The summed E-state index contributed by atoms with van der Waals surface area (Å²) >= 11 is 0. The number of hydrogen-bond acceptors (Lipinski definition) is 6. The highest BCUT2D eigenvalue weighted by molar-refractivity contribution is 7.90. The second-order valence-corrected chi connectivity index (χ2v) is 10.9. The Bertz CT molecular complexity index is 1320. The van der Waals surface area contributed by atoms with Crippen LogP contribution < -0.4 is 21.5 Å². The summed E-state index contributed by atoms with van der Waals surface area (Å²) in [5, 5.41) is 2.60. The van der Waals surface area contributed by atoms with Crippen LogP contribution in [0.15, 0.2) is 62.7 Å². The van der Waals surface area contributed by atoms with Gasteiger partial charge in [-0.05, 0) is 56.2 Å². The number of nitrogens with one attached hydrogen (secondary N) is 2. The molecule has 0 unspecified atom stereocenters. The first-order chi connectivity index (χ1) is 15.9. The molecule has 0 aliphatic carbocycles. The number of likely N-dealkylation sites (tertiary alicyclic amines) is 1. The van der Waals surface area contributed by atoms with E-state index >= 15 is 0 Å². The number of nitrogens with zero attached hydrogens (tertiary/aromatic N) is 2. The molecule has 182 valence electrons. The molecule has 1 saturated heterocycles. The molecular formula is C20H24N6O6S2. The first-order valence-electron chi connectivity index (χ1n) is 10.1. The molecule has 0 aromatic heterocycles. The van der Waals surface area contributed by atoms with Gasteiger partial charge in [0.1, 0.15) is 6.04 Å². The maximum atomic E-state index is 12.8. The van der Waals surface area contributed by atoms with Crippen LogP contribution in [0.4, 0.5) is 10.5 Å². The molecule has 1 heterocycles. The molecule has 6 N–H and O–H groups in total. The summed E-state index contributed by atoms with van der Waals surface area (Å²) in [7, 11) is -8.18. The van der Waals surface area contributed by atoms with Crippen molar-refractivity contribution in [2.45, 2.75) is 35.6 Å². The van der Waals surface area contributed by atoms with Crippen molar-refractivity contribution in [1.82, 2.24) is 9.62 Å². The largest absolute Gasteiger partial charge is 0.369 e. The summed E-state index contributed by atoms with van der Waals surface area (Å²) in [4.78, 5) is 26.3.